The van der Waals surface area contributed by atoms with Gasteiger partial charge in [0.25, 0.3) is 0 Å². The van der Waals surface area contributed by atoms with Crippen LogP contribution in [0.1, 0.15) is 0 Å². The summed E-state index contributed by atoms with van der Waals surface area (Å²) >= 11 is 0. The van der Waals surface area contributed by atoms with Gasteiger partial charge in [-0.15, -0.1) is 0 Å². The van der Waals surface area contributed by atoms with Crippen molar-refractivity contribution in [3.8, 4) is 56.4 Å². The molecule has 5 nitrogen and oxygen atoms in total. The second kappa shape index (κ2) is 14.0. The Balaban J connectivity index is 1.08. The van der Waals surface area contributed by atoms with Crippen LogP contribution in [0.2, 0.25) is 0 Å². The van der Waals surface area contributed by atoms with Crippen molar-refractivity contribution < 1.29 is 4.42 Å². The highest BCUT2D eigenvalue weighted by atomic mass is 16.3. The zero-order valence-corrected chi connectivity index (χ0v) is 34.0. The number of nitrogens with zero attached hydrogens (tertiary/aromatic N) is 4. The van der Waals surface area contributed by atoms with E-state index in [9.17, 15) is 0 Å². The van der Waals surface area contributed by atoms with Crippen LogP contribution in [0, 0.1) is 0 Å². The van der Waals surface area contributed by atoms with E-state index >= 15 is 0 Å². The molecule has 0 fully saturated rings. The molecule has 63 heavy (non-hydrogen) atoms. The molecule has 0 N–H and O–H groups in total. The van der Waals surface area contributed by atoms with Crippen molar-refractivity contribution in [1.29, 1.82) is 0 Å². The Hall–Kier alpha value is -8.54. The third-order valence-corrected chi connectivity index (χ3v) is 12.5. The number of hydrogen-bond acceptors (Lipinski definition) is 3. The first kappa shape index (κ1) is 35.2. The Morgan fingerprint density at radius 2 is 0.778 bits per heavy atom. The van der Waals surface area contributed by atoms with Crippen molar-refractivity contribution >= 4 is 65.6 Å². The molecule has 0 atom stereocenters. The highest BCUT2D eigenvalue weighted by Gasteiger charge is 2.20. The number of aromatic nitrogens is 4. The Kier molecular flexibility index (Phi) is 7.84. The minimum atomic E-state index is 0.659. The molecule has 0 aliphatic rings. The molecule has 0 aliphatic carbocycles. The van der Waals surface area contributed by atoms with E-state index in [0.29, 0.717) is 5.82 Å². The average molecular weight is 805 g/mol. The van der Waals surface area contributed by atoms with Gasteiger partial charge in [-0.05, 0) is 77.9 Å². The number of para-hydroxylation sites is 5. The topological polar surface area (TPSA) is 48.8 Å². The van der Waals surface area contributed by atoms with E-state index in [-0.39, 0.29) is 0 Å². The summed E-state index contributed by atoms with van der Waals surface area (Å²) < 4.78 is 11.2. The third kappa shape index (κ3) is 5.64. The van der Waals surface area contributed by atoms with Gasteiger partial charge in [0.2, 0.25) is 0 Å². The lowest BCUT2D eigenvalue weighted by molar-refractivity contribution is 0.669. The van der Waals surface area contributed by atoms with Crippen molar-refractivity contribution in [2.75, 3.05) is 0 Å². The smallest absolute Gasteiger partial charge is 0.160 e. The van der Waals surface area contributed by atoms with Crippen LogP contribution < -0.4 is 0 Å². The Bertz CT molecular complexity index is 3690. The molecule has 0 unspecified atom stereocenters. The number of fused-ring (bicyclic) bond motifs is 9. The minimum Gasteiger partial charge on any atom is -0.456 e. The lowest BCUT2D eigenvalue weighted by Gasteiger charge is -2.17. The summed E-state index contributed by atoms with van der Waals surface area (Å²) in [5, 5.41) is 7.07. The number of benzene rings is 9. The largest absolute Gasteiger partial charge is 0.456 e. The highest BCUT2D eigenvalue weighted by Crippen LogP contribution is 2.40. The van der Waals surface area contributed by atoms with E-state index in [2.05, 4.69) is 197 Å². The van der Waals surface area contributed by atoms with Crippen LogP contribution in [0.15, 0.2) is 223 Å². The van der Waals surface area contributed by atoms with Crippen molar-refractivity contribution in [2.45, 2.75) is 0 Å². The average Bonchev–Trinajstić information content (AvgIpc) is 4.02. The molecule has 9 aromatic carbocycles. The summed E-state index contributed by atoms with van der Waals surface area (Å²) in [5.41, 5.74) is 15.1. The first-order chi connectivity index (χ1) is 31.2. The fraction of sp³-hybridized carbons (Fsp3) is 0. The normalized spacial score (nSPS) is 11.8. The molecule has 4 heterocycles. The van der Waals surface area contributed by atoms with Gasteiger partial charge < -0.3 is 13.6 Å². The lowest BCUT2D eigenvalue weighted by Crippen LogP contribution is -2.02. The maximum absolute atomic E-state index is 6.38. The van der Waals surface area contributed by atoms with Crippen LogP contribution in [-0.4, -0.2) is 19.1 Å². The molecule has 0 bridgehead atoms. The predicted octanol–water partition coefficient (Wildman–Crippen LogP) is 15.2. The van der Waals surface area contributed by atoms with Gasteiger partial charge >= 0.3 is 0 Å². The summed E-state index contributed by atoms with van der Waals surface area (Å²) in [4.78, 5) is 10.8. The van der Waals surface area contributed by atoms with Crippen LogP contribution in [-0.2, 0) is 0 Å². The van der Waals surface area contributed by atoms with Gasteiger partial charge in [-0.1, -0.05) is 152 Å². The molecule has 0 saturated heterocycles. The van der Waals surface area contributed by atoms with E-state index in [0.717, 1.165) is 94.6 Å². The standard InChI is InChI=1S/C58H36N4O/c1-2-16-37(17-3-1)58-59-50(36-51(60-58)43-19-5-4-18-42(43)38-30-31-49-48-24-10-15-29-56(48)63-57(49)34-38)39-32-40(61-52-25-11-6-20-44(52)45-21-7-12-26-53(45)61)35-41(33-39)62-54-27-13-8-22-46(54)47-23-9-14-28-55(47)62/h1-36H. The van der Waals surface area contributed by atoms with Gasteiger partial charge in [-0.2, -0.15) is 0 Å². The Morgan fingerprint density at radius 1 is 0.302 bits per heavy atom. The maximum atomic E-state index is 6.38. The van der Waals surface area contributed by atoms with E-state index in [1.54, 1.807) is 0 Å². The molecule has 0 amide bonds. The molecule has 5 heteroatoms. The second-order valence-corrected chi connectivity index (χ2v) is 16.2. The Morgan fingerprint density at radius 3 is 1.38 bits per heavy atom. The zero-order chi connectivity index (χ0) is 41.4. The van der Waals surface area contributed by atoms with Crippen molar-refractivity contribution in [1.82, 2.24) is 19.1 Å². The maximum Gasteiger partial charge on any atom is 0.160 e. The SMILES string of the molecule is c1ccc(-c2nc(-c3cc(-n4c5ccccc5c5ccccc54)cc(-n4c5ccccc5c5ccccc54)c3)cc(-c3ccccc3-c3ccc4c(c3)oc3ccccc34)n2)cc1. The van der Waals surface area contributed by atoms with Crippen LogP contribution in [0.4, 0.5) is 0 Å². The fourth-order valence-electron chi connectivity index (χ4n) is 9.70. The van der Waals surface area contributed by atoms with Crippen molar-refractivity contribution in [2.24, 2.45) is 0 Å². The van der Waals surface area contributed by atoms with Gasteiger partial charge in [-0.25, -0.2) is 9.97 Å². The fourth-order valence-corrected chi connectivity index (χ4v) is 9.70. The molecular formula is C58H36N4O. The van der Waals surface area contributed by atoms with Crippen LogP contribution in [0.5, 0.6) is 0 Å². The molecule has 0 radical (unpaired) electrons. The van der Waals surface area contributed by atoms with Gasteiger partial charge in [0.05, 0.1) is 33.5 Å². The van der Waals surface area contributed by atoms with Crippen LogP contribution in [0.25, 0.3) is 122 Å². The second-order valence-electron chi connectivity index (χ2n) is 16.2. The van der Waals surface area contributed by atoms with Gasteiger partial charge in [0, 0.05) is 60.4 Å². The molecule has 294 valence electrons. The molecular weight excluding hydrogens is 769 g/mol. The number of hydrogen-bond donors (Lipinski definition) is 0. The minimum absolute atomic E-state index is 0.659. The summed E-state index contributed by atoms with van der Waals surface area (Å²) in [6, 6.07) is 77.4. The molecule has 0 aliphatic heterocycles. The number of rotatable bonds is 6. The summed E-state index contributed by atoms with van der Waals surface area (Å²) in [5.74, 6) is 0.659. The van der Waals surface area contributed by atoms with Crippen LogP contribution >= 0.6 is 0 Å². The van der Waals surface area contributed by atoms with E-state index in [1.807, 2.05) is 30.3 Å². The predicted molar refractivity (Wildman–Crippen MR) is 260 cm³/mol. The number of furan rings is 1. The molecule has 13 aromatic rings. The molecule has 0 spiro atoms. The zero-order valence-electron chi connectivity index (χ0n) is 34.0. The van der Waals surface area contributed by atoms with E-state index < -0.39 is 0 Å². The van der Waals surface area contributed by atoms with Gasteiger partial charge in [0.15, 0.2) is 5.82 Å². The first-order valence-corrected chi connectivity index (χ1v) is 21.3. The third-order valence-electron chi connectivity index (χ3n) is 12.5. The summed E-state index contributed by atoms with van der Waals surface area (Å²) in [6.07, 6.45) is 0. The van der Waals surface area contributed by atoms with Gasteiger partial charge in [-0.3, -0.25) is 0 Å². The molecule has 0 saturated carbocycles. The van der Waals surface area contributed by atoms with Crippen molar-refractivity contribution in [3.05, 3.63) is 218 Å². The summed E-state index contributed by atoms with van der Waals surface area (Å²) in [6.45, 7) is 0. The first-order valence-electron chi connectivity index (χ1n) is 21.3. The highest BCUT2D eigenvalue weighted by molar-refractivity contribution is 6.11. The monoisotopic (exact) mass is 804 g/mol. The van der Waals surface area contributed by atoms with E-state index in [1.165, 1.54) is 21.5 Å². The lowest BCUT2D eigenvalue weighted by atomic mass is 9.95. The van der Waals surface area contributed by atoms with Crippen LogP contribution in [0.3, 0.4) is 0 Å². The Labute approximate surface area is 362 Å². The van der Waals surface area contributed by atoms with E-state index in [4.69, 9.17) is 14.4 Å². The molecule has 4 aromatic heterocycles. The quantitative estimate of drug-likeness (QED) is 0.168. The van der Waals surface area contributed by atoms with Gasteiger partial charge in [0.1, 0.15) is 11.2 Å². The van der Waals surface area contributed by atoms with Crippen molar-refractivity contribution in [3.63, 3.8) is 0 Å². The summed E-state index contributed by atoms with van der Waals surface area (Å²) in [7, 11) is 0. The molecule has 13 rings (SSSR count).